The molecular formula is C13H15N3O2S. The molecule has 1 aromatic carbocycles. The first-order valence-corrected chi connectivity index (χ1v) is 6.92. The number of rotatable bonds is 4. The Morgan fingerprint density at radius 1 is 1.37 bits per heavy atom. The summed E-state index contributed by atoms with van der Waals surface area (Å²) in [6, 6.07) is 7.59. The van der Waals surface area contributed by atoms with Crippen LogP contribution in [0.4, 0.5) is 0 Å². The quantitative estimate of drug-likeness (QED) is 0.676. The summed E-state index contributed by atoms with van der Waals surface area (Å²) in [6.45, 7) is 3.97. The fraction of sp³-hybridized carbons (Fsp3) is 0.308. The van der Waals surface area contributed by atoms with E-state index < -0.39 is 0 Å². The minimum absolute atomic E-state index is 0.0332. The third-order valence-corrected chi connectivity index (χ3v) is 3.06. The van der Waals surface area contributed by atoms with E-state index in [9.17, 15) is 4.79 Å². The lowest BCUT2D eigenvalue weighted by atomic mass is 10.2. The molecule has 1 fully saturated rings. The van der Waals surface area contributed by atoms with Gasteiger partial charge < -0.3 is 10.1 Å². The van der Waals surface area contributed by atoms with Gasteiger partial charge in [0, 0.05) is 0 Å². The Bertz CT molecular complexity index is 509. The Morgan fingerprint density at radius 2 is 2.11 bits per heavy atom. The molecule has 0 radical (unpaired) electrons. The second-order valence-electron chi connectivity index (χ2n) is 4.22. The highest BCUT2D eigenvalue weighted by Gasteiger charge is 2.15. The van der Waals surface area contributed by atoms with Crippen molar-refractivity contribution in [2.45, 2.75) is 20.0 Å². The second kappa shape index (κ2) is 6.38. The summed E-state index contributed by atoms with van der Waals surface area (Å²) >= 11 is 1.35. The SMILES string of the molecule is CC(C)Oc1ccc(C=NN=C2NC(=O)CS2)cc1. The Balaban J connectivity index is 1.94. The van der Waals surface area contributed by atoms with Gasteiger partial charge in [0.1, 0.15) is 5.75 Å². The largest absolute Gasteiger partial charge is 0.491 e. The maximum absolute atomic E-state index is 10.9. The summed E-state index contributed by atoms with van der Waals surface area (Å²) < 4.78 is 5.54. The number of nitrogens with one attached hydrogen (secondary N) is 1. The van der Waals surface area contributed by atoms with E-state index in [0.29, 0.717) is 10.9 Å². The third kappa shape index (κ3) is 4.40. The van der Waals surface area contributed by atoms with E-state index >= 15 is 0 Å². The highest BCUT2D eigenvalue weighted by molar-refractivity contribution is 8.15. The second-order valence-corrected chi connectivity index (χ2v) is 5.19. The molecule has 0 bridgehead atoms. The van der Waals surface area contributed by atoms with Gasteiger partial charge in [0.25, 0.3) is 0 Å². The first-order valence-electron chi connectivity index (χ1n) is 5.94. The van der Waals surface area contributed by atoms with Crippen LogP contribution < -0.4 is 10.1 Å². The fourth-order valence-electron chi connectivity index (χ4n) is 1.43. The third-order valence-electron chi connectivity index (χ3n) is 2.19. The first kappa shape index (κ1) is 13.6. The maximum Gasteiger partial charge on any atom is 0.236 e. The van der Waals surface area contributed by atoms with Gasteiger partial charge in [-0.2, -0.15) is 5.10 Å². The van der Waals surface area contributed by atoms with Crippen LogP contribution in [-0.2, 0) is 4.79 Å². The predicted octanol–water partition coefficient (Wildman–Crippen LogP) is 2.03. The van der Waals surface area contributed by atoms with Crippen molar-refractivity contribution in [3.63, 3.8) is 0 Å². The van der Waals surface area contributed by atoms with Gasteiger partial charge in [0.05, 0.1) is 18.1 Å². The van der Waals surface area contributed by atoms with Crippen LogP contribution in [0.2, 0.25) is 0 Å². The van der Waals surface area contributed by atoms with Crippen LogP contribution in [0.25, 0.3) is 0 Å². The van der Waals surface area contributed by atoms with Crippen LogP contribution in [0.1, 0.15) is 19.4 Å². The van der Waals surface area contributed by atoms with Gasteiger partial charge in [-0.05, 0) is 43.7 Å². The van der Waals surface area contributed by atoms with Crippen LogP contribution in [0.15, 0.2) is 34.5 Å². The Labute approximate surface area is 116 Å². The normalized spacial score (nSPS) is 17.4. The molecule has 1 aliphatic rings. The number of hydrogen-bond donors (Lipinski definition) is 1. The zero-order valence-electron chi connectivity index (χ0n) is 10.8. The molecule has 0 aromatic heterocycles. The fourth-order valence-corrected chi connectivity index (χ4v) is 2.06. The smallest absolute Gasteiger partial charge is 0.236 e. The van der Waals surface area contributed by atoms with E-state index in [4.69, 9.17) is 4.74 Å². The summed E-state index contributed by atoms with van der Waals surface area (Å²) in [5, 5.41) is 11.0. The number of benzene rings is 1. The van der Waals surface area contributed by atoms with Crippen LogP contribution in [0.5, 0.6) is 5.75 Å². The predicted molar refractivity (Wildman–Crippen MR) is 77.8 cm³/mol. The van der Waals surface area contributed by atoms with Gasteiger partial charge in [-0.3, -0.25) is 4.79 Å². The number of carbonyl (C=O) groups is 1. The van der Waals surface area contributed by atoms with Gasteiger partial charge in [-0.1, -0.05) is 11.8 Å². The van der Waals surface area contributed by atoms with Gasteiger partial charge in [0.2, 0.25) is 5.91 Å². The lowest BCUT2D eigenvalue weighted by molar-refractivity contribution is -0.116. The van der Waals surface area contributed by atoms with E-state index in [0.717, 1.165) is 11.3 Å². The molecule has 1 amide bonds. The molecule has 19 heavy (non-hydrogen) atoms. The summed E-state index contributed by atoms with van der Waals surface area (Å²) in [7, 11) is 0. The van der Waals surface area contributed by atoms with E-state index in [2.05, 4.69) is 15.5 Å². The van der Waals surface area contributed by atoms with Crippen molar-refractivity contribution < 1.29 is 9.53 Å². The van der Waals surface area contributed by atoms with E-state index in [1.807, 2.05) is 38.1 Å². The number of thioether (sulfide) groups is 1. The van der Waals surface area contributed by atoms with Crippen LogP contribution >= 0.6 is 11.8 Å². The molecule has 0 atom stereocenters. The average molecular weight is 277 g/mol. The van der Waals surface area contributed by atoms with Crippen LogP contribution in [0, 0.1) is 0 Å². The molecule has 1 heterocycles. The lowest BCUT2D eigenvalue weighted by Crippen LogP contribution is -2.19. The first-order chi connectivity index (χ1) is 9.13. The Kier molecular flexibility index (Phi) is 4.57. The van der Waals surface area contributed by atoms with Gasteiger partial charge in [-0.25, -0.2) is 0 Å². The standard InChI is InChI=1S/C13H15N3O2S/c1-9(2)18-11-5-3-10(4-6-11)7-14-16-13-15-12(17)8-19-13/h3-7,9H,8H2,1-2H3,(H,15,16,17). The van der Waals surface area contributed by atoms with Gasteiger partial charge in [0.15, 0.2) is 5.17 Å². The topological polar surface area (TPSA) is 63.1 Å². The zero-order chi connectivity index (χ0) is 13.7. The minimum Gasteiger partial charge on any atom is -0.491 e. The van der Waals surface area contributed by atoms with E-state index in [1.54, 1.807) is 6.21 Å². The molecular weight excluding hydrogens is 262 g/mol. The molecule has 6 heteroatoms. The summed E-state index contributed by atoms with van der Waals surface area (Å²) in [5.41, 5.74) is 0.926. The van der Waals surface area contributed by atoms with Crippen molar-refractivity contribution >= 4 is 29.1 Å². The molecule has 100 valence electrons. The Morgan fingerprint density at radius 3 is 2.68 bits per heavy atom. The van der Waals surface area contributed by atoms with E-state index in [1.165, 1.54) is 11.8 Å². The Hall–Kier alpha value is -1.82. The van der Waals surface area contributed by atoms with Crippen molar-refractivity contribution in [2.24, 2.45) is 10.2 Å². The molecule has 2 rings (SSSR count). The van der Waals surface area contributed by atoms with Crippen LogP contribution in [0.3, 0.4) is 0 Å². The molecule has 0 saturated carbocycles. The zero-order valence-corrected chi connectivity index (χ0v) is 11.6. The van der Waals surface area contributed by atoms with Gasteiger partial charge >= 0.3 is 0 Å². The lowest BCUT2D eigenvalue weighted by Gasteiger charge is -2.08. The number of hydrogen-bond acceptors (Lipinski definition) is 5. The highest BCUT2D eigenvalue weighted by Crippen LogP contribution is 2.13. The van der Waals surface area contributed by atoms with Crippen molar-refractivity contribution in [1.82, 2.24) is 5.32 Å². The molecule has 1 N–H and O–H groups in total. The monoisotopic (exact) mass is 277 g/mol. The number of nitrogens with zero attached hydrogens (tertiary/aromatic N) is 2. The molecule has 1 aliphatic heterocycles. The number of ether oxygens (including phenoxy) is 1. The number of carbonyl (C=O) groups excluding carboxylic acids is 1. The molecule has 0 unspecified atom stereocenters. The van der Waals surface area contributed by atoms with Gasteiger partial charge in [-0.15, -0.1) is 5.10 Å². The average Bonchev–Trinajstić information content (AvgIpc) is 2.77. The minimum atomic E-state index is -0.0332. The summed E-state index contributed by atoms with van der Waals surface area (Å²) in [5.74, 6) is 1.21. The molecule has 1 saturated heterocycles. The molecule has 0 aliphatic carbocycles. The van der Waals surface area contributed by atoms with Crippen molar-refractivity contribution in [2.75, 3.05) is 5.75 Å². The molecule has 5 nitrogen and oxygen atoms in total. The maximum atomic E-state index is 10.9. The van der Waals surface area contributed by atoms with E-state index in [-0.39, 0.29) is 12.0 Å². The summed E-state index contributed by atoms with van der Waals surface area (Å²) in [6.07, 6.45) is 1.80. The van der Waals surface area contributed by atoms with Crippen molar-refractivity contribution in [1.29, 1.82) is 0 Å². The van der Waals surface area contributed by atoms with Crippen molar-refractivity contribution in [3.8, 4) is 5.75 Å². The molecule has 0 spiro atoms. The summed E-state index contributed by atoms with van der Waals surface area (Å²) in [4.78, 5) is 10.9. The number of amides is 1. The van der Waals surface area contributed by atoms with Crippen LogP contribution in [-0.4, -0.2) is 29.1 Å². The molecule has 1 aromatic rings. The highest BCUT2D eigenvalue weighted by atomic mass is 32.2. The number of amidine groups is 1. The van der Waals surface area contributed by atoms with Crippen molar-refractivity contribution in [3.05, 3.63) is 29.8 Å².